The van der Waals surface area contributed by atoms with Crippen LogP contribution in [0.3, 0.4) is 0 Å². The van der Waals surface area contributed by atoms with Gasteiger partial charge in [0.1, 0.15) is 17.2 Å². The first-order valence-corrected chi connectivity index (χ1v) is 11.9. The number of imidazole rings is 1. The van der Waals surface area contributed by atoms with Gasteiger partial charge in [-0.3, -0.25) is 18.8 Å². The van der Waals surface area contributed by atoms with E-state index in [-0.39, 0.29) is 13.2 Å². The smallest absolute Gasteiger partial charge is 0.338 e. The maximum Gasteiger partial charge on any atom is 0.338 e. The van der Waals surface area contributed by atoms with E-state index in [1.807, 2.05) is 5.38 Å². The highest BCUT2D eigenvalue weighted by molar-refractivity contribution is 7.15. The Labute approximate surface area is 214 Å². The number of thiazole rings is 1. The number of hydrogen-bond acceptors (Lipinski definition) is 9. The van der Waals surface area contributed by atoms with Gasteiger partial charge in [-0.15, -0.1) is 11.3 Å². The molecule has 37 heavy (non-hydrogen) atoms. The fourth-order valence-corrected chi connectivity index (χ4v) is 4.03. The predicted octanol–water partition coefficient (Wildman–Crippen LogP) is 2.49. The van der Waals surface area contributed by atoms with E-state index in [0.29, 0.717) is 39.1 Å². The number of anilines is 1. The molecular formula is C24H22N6O6S. The lowest BCUT2D eigenvalue weighted by Crippen LogP contribution is -2.34. The van der Waals surface area contributed by atoms with Gasteiger partial charge < -0.3 is 19.8 Å². The molecule has 1 aromatic carbocycles. The molecule has 3 heterocycles. The van der Waals surface area contributed by atoms with Crippen molar-refractivity contribution in [2.75, 3.05) is 11.9 Å². The van der Waals surface area contributed by atoms with Gasteiger partial charge in [-0.1, -0.05) is 0 Å². The molecule has 13 heteroatoms. The van der Waals surface area contributed by atoms with Gasteiger partial charge in [0.15, 0.2) is 4.96 Å². The Kier molecular flexibility index (Phi) is 7.74. The van der Waals surface area contributed by atoms with Crippen LogP contribution in [0.2, 0.25) is 0 Å². The van der Waals surface area contributed by atoms with E-state index in [4.69, 9.17) is 9.15 Å². The van der Waals surface area contributed by atoms with Crippen LogP contribution in [0.1, 0.15) is 45.0 Å². The van der Waals surface area contributed by atoms with E-state index < -0.39 is 23.7 Å². The van der Waals surface area contributed by atoms with E-state index in [1.165, 1.54) is 41.8 Å². The molecule has 3 N–H and O–H groups in total. The van der Waals surface area contributed by atoms with Crippen molar-refractivity contribution in [2.24, 2.45) is 5.10 Å². The summed E-state index contributed by atoms with van der Waals surface area (Å²) in [5.41, 5.74) is 4.10. The van der Waals surface area contributed by atoms with E-state index in [2.05, 4.69) is 26.1 Å². The molecule has 4 aromatic rings. The summed E-state index contributed by atoms with van der Waals surface area (Å²) in [6.45, 7) is 3.66. The predicted molar refractivity (Wildman–Crippen MR) is 134 cm³/mol. The Morgan fingerprint density at radius 3 is 2.68 bits per heavy atom. The first-order chi connectivity index (χ1) is 17.9. The number of esters is 1. The van der Waals surface area contributed by atoms with Crippen LogP contribution >= 0.6 is 11.3 Å². The zero-order chi connectivity index (χ0) is 26.4. The summed E-state index contributed by atoms with van der Waals surface area (Å²) in [6, 6.07) is 9.16. The van der Waals surface area contributed by atoms with Crippen LogP contribution in [0, 0.1) is 6.92 Å². The Hall–Kier alpha value is -4.78. The number of rotatable bonds is 8. The minimum atomic E-state index is -0.880. The Morgan fingerprint density at radius 1 is 1.14 bits per heavy atom. The molecule has 4 rings (SSSR count). The number of benzene rings is 1. The normalized spacial score (nSPS) is 11.0. The minimum Gasteiger partial charge on any atom is -0.462 e. The van der Waals surface area contributed by atoms with Gasteiger partial charge >= 0.3 is 17.8 Å². The third-order valence-electron chi connectivity index (χ3n) is 4.98. The first-order valence-electron chi connectivity index (χ1n) is 11.1. The molecule has 3 aromatic heterocycles. The molecule has 0 saturated carbocycles. The van der Waals surface area contributed by atoms with Gasteiger partial charge in [0, 0.05) is 17.3 Å². The third kappa shape index (κ3) is 6.08. The molecule has 0 aliphatic heterocycles. The average molecular weight is 523 g/mol. The summed E-state index contributed by atoms with van der Waals surface area (Å²) in [5, 5.41) is 10.6. The number of nitrogens with one attached hydrogen (secondary N) is 3. The van der Waals surface area contributed by atoms with Crippen LogP contribution < -0.4 is 16.1 Å². The molecule has 0 atom stereocenters. The average Bonchev–Trinajstić information content (AvgIpc) is 3.59. The summed E-state index contributed by atoms with van der Waals surface area (Å²) >= 11 is 1.42. The number of nitrogens with zero attached hydrogens (tertiary/aromatic N) is 3. The highest BCUT2D eigenvalue weighted by Gasteiger charge is 2.17. The Morgan fingerprint density at radius 2 is 1.92 bits per heavy atom. The maximum absolute atomic E-state index is 12.5. The minimum absolute atomic E-state index is 0.0423. The quantitative estimate of drug-likeness (QED) is 0.139. The number of aryl methyl sites for hydroxylation is 1. The highest BCUT2D eigenvalue weighted by atomic mass is 32.1. The number of carbonyl (C=O) groups excluding carboxylic acids is 4. The summed E-state index contributed by atoms with van der Waals surface area (Å²) in [5.74, 6) is -1.93. The van der Waals surface area contributed by atoms with Crippen molar-refractivity contribution in [3.8, 4) is 0 Å². The number of ether oxygens (including phenoxy) is 1. The molecule has 190 valence electrons. The van der Waals surface area contributed by atoms with Crippen LogP contribution in [-0.4, -0.2) is 45.9 Å². The molecule has 0 unspecified atom stereocenters. The molecule has 0 bridgehead atoms. The third-order valence-corrected chi connectivity index (χ3v) is 5.73. The van der Waals surface area contributed by atoms with Gasteiger partial charge in [0.25, 0.3) is 5.91 Å². The monoisotopic (exact) mass is 522 g/mol. The topological polar surface area (TPSA) is 156 Å². The lowest BCUT2D eigenvalue weighted by atomic mass is 10.2. The second kappa shape index (κ2) is 11.3. The molecule has 0 fully saturated rings. The molecular weight excluding hydrogens is 500 g/mol. The van der Waals surface area contributed by atoms with Crippen LogP contribution in [0.5, 0.6) is 0 Å². The summed E-state index contributed by atoms with van der Waals surface area (Å²) in [4.78, 5) is 53.4. The highest BCUT2D eigenvalue weighted by Crippen LogP contribution is 2.16. The van der Waals surface area contributed by atoms with Crippen LogP contribution in [-0.2, 0) is 20.9 Å². The van der Waals surface area contributed by atoms with Crippen molar-refractivity contribution >= 4 is 51.9 Å². The number of hydrazone groups is 1. The molecule has 0 radical (unpaired) electrons. The first kappa shape index (κ1) is 25.3. The van der Waals surface area contributed by atoms with Crippen LogP contribution in [0.4, 0.5) is 5.69 Å². The lowest BCUT2D eigenvalue weighted by molar-refractivity contribution is -0.136. The zero-order valence-electron chi connectivity index (χ0n) is 19.8. The number of aromatic nitrogens is 2. The zero-order valence-corrected chi connectivity index (χ0v) is 20.6. The van der Waals surface area contributed by atoms with Crippen LogP contribution in [0.25, 0.3) is 4.96 Å². The van der Waals surface area contributed by atoms with E-state index in [1.54, 1.807) is 36.6 Å². The molecule has 0 aliphatic carbocycles. The number of furan rings is 1. The van der Waals surface area contributed by atoms with E-state index >= 15 is 0 Å². The van der Waals surface area contributed by atoms with Crippen molar-refractivity contribution in [2.45, 2.75) is 20.4 Å². The van der Waals surface area contributed by atoms with E-state index in [0.717, 1.165) is 0 Å². The summed E-state index contributed by atoms with van der Waals surface area (Å²) in [7, 11) is 0. The molecule has 0 spiro atoms. The molecule has 0 saturated heterocycles. The molecule has 12 nitrogen and oxygen atoms in total. The van der Waals surface area contributed by atoms with E-state index in [9.17, 15) is 19.2 Å². The van der Waals surface area contributed by atoms with Crippen molar-refractivity contribution in [1.29, 1.82) is 0 Å². The Balaban J connectivity index is 1.25. The number of hydrogen-bond donors (Lipinski definition) is 3. The number of fused-ring (bicyclic) bond motifs is 1. The summed E-state index contributed by atoms with van der Waals surface area (Å²) in [6.07, 6.45) is 3.07. The lowest BCUT2D eigenvalue weighted by Gasteiger charge is -2.06. The SMILES string of the molecule is CCOC(=O)c1ccc(NC(=O)C(=O)NCc2ccc(/C=N/NC(=O)c3c(C)nc4sccn34)o2)cc1. The van der Waals surface area contributed by atoms with Gasteiger partial charge in [-0.2, -0.15) is 5.10 Å². The summed E-state index contributed by atoms with van der Waals surface area (Å²) < 4.78 is 12.1. The number of carbonyl (C=O) groups is 4. The molecule has 3 amide bonds. The maximum atomic E-state index is 12.5. The fourth-order valence-electron chi connectivity index (χ4n) is 3.27. The van der Waals surface area contributed by atoms with Gasteiger partial charge in [-0.05, 0) is 50.2 Å². The van der Waals surface area contributed by atoms with Crippen molar-refractivity contribution in [3.63, 3.8) is 0 Å². The van der Waals surface area contributed by atoms with Gasteiger partial charge in [0.05, 0.1) is 30.6 Å². The van der Waals surface area contributed by atoms with Gasteiger partial charge in [-0.25, -0.2) is 15.2 Å². The van der Waals surface area contributed by atoms with Gasteiger partial charge in [0.2, 0.25) is 0 Å². The standard InChI is InChI=1S/C24H22N6O6S/c1-3-35-23(34)15-4-6-16(7-5-15)28-22(33)21(32)25-12-17-8-9-18(36-17)13-26-29-20(31)19-14(2)27-24-30(19)10-11-37-24/h4-11,13H,3,12H2,1-2H3,(H,25,32)(H,28,33)(H,29,31)/b26-13+. The van der Waals surface area contributed by atoms with Crippen molar-refractivity contribution in [1.82, 2.24) is 20.1 Å². The second-order valence-corrected chi connectivity index (χ2v) is 8.41. The van der Waals surface area contributed by atoms with Crippen LogP contribution in [0.15, 0.2) is 57.5 Å². The van der Waals surface area contributed by atoms with Crippen molar-refractivity contribution < 1.29 is 28.3 Å². The Bertz CT molecular complexity index is 1480. The largest absolute Gasteiger partial charge is 0.462 e. The second-order valence-electron chi connectivity index (χ2n) is 7.54. The number of amides is 3. The van der Waals surface area contributed by atoms with Crippen molar-refractivity contribution in [3.05, 3.63) is 76.4 Å². The molecule has 0 aliphatic rings. The fraction of sp³-hybridized carbons (Fsp3) is 0.167.